The molecule has 1 aliphatic rings. The number of halogens is 2. The number of amides is 1. The first-order chi connectivity index (χ1) is 12.5. The Kier molecular flexibility index (Phi) is 6.96. The number of sulfonamides is 1. The average Bonchev–Trinajstić information content (AvgIpc) is 2.90. The number of alkyl halides is 2. The van der Waals surface area contributed by atoms with Crippen LogP contribution in [-0.4, -0.2) is 67.0 Å². The van der Waals surface area contributed by atoms with E-state index in [0.29, 0.717) is 30.7 Å². The zero-order valence-corrected chi connectivity index (χ0v) is 16.9. The molecule has 1 aromatic heterocycles. The van der Waals surface area contributed by atoms with Crippen LogP contribution in [0.2, 0.25) is 0 Å². The zero-order valence-electron chi connectivity index (χ0n) is 16.1. The van der Waals surface area contributed by atoms with E-state index in [1.165, 1.54) is 9.21 Å². The van der Waals surface area contributed by atoms with Gasteiger partial charge in [-0.15, -0.1) is 0 Å². The molecule has 2 rings (SSSR count). The minimum atomic E-state index is -3.31. The number of aryl methyl sites for hydroxylation is 2. The third kappa shape index (κ3) is 5.47. The number of carbonyl (C=O) groups is 1. The van der Waals surface area contributed by atoms with Gasteiger partial charge in [-0.1, -0.05) is 12.1 Å². The minimum absolute atomic E-state index is 0.231. The standard InChI is InChI=1S/C17H27F2N3O4S/c1-11(9-15-12(2)20-26-13(15)3)17(23)22(10-16(18)19)14-5-7-21(8-6-14)27(4,24)25/h11,14,16H,5-10H2,1-4H3/t11-/m1/s1. The SMILES string of the molecule is Cc1noc(C)c1C[C@@H](C)C(=O)N(CC(F)F)C1CCN(S(C)(=O)=O)CC1. The number of hydrogen-bond acceptors (Lipinski definition) is 5. The van der Waals surface area contributed by atoms with Crippen molar-refractivity contribution in [1.29, 1.82) is 0 Å². The van der Waals surface area contributed by atoms with Gasteiger partial charge < -0.3 is 9.42 Å². The Balaban J connectivity index is 2.10. The first-order valence-electron chi connectivity index (χ1n) is 8.96. The van der Waals surface area contributed by atoms with Crippen LogP contribution in [-0.2, 0) is 21.2 Å². The van der Waals surface area contributed by atoms with Gasteiger partial charge in [0.05, 0.1) is 18.5 Å². The van der Waals surface area contributed by atoms with E-state index in [1.54, 1.807) is 20.8 Å². The fraction of sp³-hybridized carbons (Fsp3) is 0.765. The van der Waals surface area contributed by atoms with Crippen molar-refractivity contribution < 1.29 is 26.5 Å². The number of rotatable bonds is 7. The Morgan fingerprint density at radius 2 is 1.93 bits per heavy atom. The largest absolute Gasteiger partial charge is 0.361 e. The van der Waals surface area contributed by atoms with Crippen molar-refractivity contribution in [2.24, 2.45) is 5.92 Å². The number of hydrogen-bond donors (Lipinski definition) is 0. The van der Waals surface area contributed by atoms with Crippen LogP contribution in [0, 0.1) is 19.8 Å². The Bertz CT molecular complexity index is 739. The maximum atomic E-state index is 13.1. The van der Waals surface area contributed by atoms with Gasteiger partial charge >= 0.3 is 0 Å². The Morgan fingerprint density at radius 1 is 1.33 bits per heavy atom. The van der Waals surface area contributed by atoms with Crippen molar-refractivity contribution in [3.05, 3.63) is 17.0 Å². The van der Waals surface area contributed by atoms with Gasteiger partial charge in [0.2, 0.25) is 15.9 Å². The molecular formula is C17H27F2N3O4S. The average molecular weight is 407 g/mol. The van der Waals surface area contributed by atoms with Crippen LogP contribution in [0.4, 0.5) is 8.78 Å². The highest BCUT2D eigenvalue weighted by Gasteiger charge is 2.34. The van der Waals surface area contributed by atoms with Crippen LogP contribution in [0.1, 0.15) is 36.8 Å². The van der Waals surface area contributed by atoms with Gasteiger partial charge in [0.25, 0.3) is 6.43 Å². The molecule has 0 unspecified atom stereocenters. The molecule has 0 bridgehead atoms. The van der Waals surface area contributed by atoms with E-state index in [0.717, 1.165) is 11.8 Å². The number of carbonyl (C=O) groups excluding carboxylic acids is 1. The number of nitrogens with zero attached hydrogens (tertiary/aromatic N) is 3. The molecule has 1 fully saturated rings. The minimum Gasteiger partial charge on any atom is -0.361 e. The van der Waals surface area contributed by atoms with E-state index in [-0.39, 0.29) is 19.0 Å². The van der Waals surface area contributed by atoms with Gasteiger partial charge in [0.1, 0.15) is 5.76 Å². The summed E-state index contributed by atoms with van der Waals surface area (Å²) in [5.41, 5.74) is 1.51. The fourth-order valence-corrected chi connectivity index (χ4v) is 4.40. The van der Waals surface area contributed by atoms with E-state index >= 15 is 0 Å². The monoisotopic (exact) mass is 407 g/mol. The smallest absolute Gasteiger partial charge is 0.255 e. The highest BCUT2D eigenvalue weighted by Crippen LogP contribution is 2.24. The Labute approximate surface area is 158 Å². The van der Waals surface area contributed by atoms with Crippen molar-refractivity contribution in [3.63, 3.8) is 0 Å². The van der Waals surface area contributed by atoms with Gasteiger partial charge in [-0.2, -0.15) is 0 Å². The van der Waals surface area contributed by atoms with Gasteiger partial charge in [-0.25, -0.2) is 21.5 Å². The Hall–Kier alpha value is -1.55. The first kappa shape index (κ1) is 21.7. The molecule has 0 aromatic carbocycles. The van der Waals surface area contributed by atoms with Crippen molar-refractivity contribution in [2.75, 3.05) is 25.9 Å². The third-order valence-corrected chi connectivity index (χ3v) is 6.37. The molecule has 7 nitrogen and oxygen atoms in total. The molecule has 0 aliphatic carbocycles. The Morgan fingerprint density at radius 3 is 2.37 bits per heavy atom. The molecule has 1 aliphatic heterocycles. The summed E-state index contributed by atoms with van der Waals surface area (Å²) < 4.78 is 55.9. The van der Waals surface area contributed by atoms with Crippen LogP contribution in [0.3, 0.4) is 0 Å². The molecule has 0 radical (unpaired) electrons. The van der Waals surface area contributed by atoms with E-state index in [2.05, 4.69) is 5.16 Å². The molecule has 154 valence electrons. The lowest BCUT2D eigenvalue weighted by Gasteiger charge is -2.38. The molecule has 27 heavy (non-hydrogen) atoms. The summed E-state index contributed by atoms with van der Waals surface area (Å²) in [5.74, 6) is -0.240. The summed E-state index contributed by atoms with van der Waals surface area (Å²) >= 11 is 0. The summed E-state index contributed by atoms with van der Waals surface area (Å²) in [4.78, 5) is 14.1. The van der Waals surface area contributed by atoms with Crippen LogP contribution in [0.5, 0.6) is 0 Å². The third-order valence-electron chi connectivity index (χ3n) is 5.06. The molecule has 1 atom stereocenters. The van der Waals surface area contributed by atoms with Crippen molar-refractivity contribution in [1.82, 2.24) is 14.4 Å². The maximum Gasteiger partial charge on any atom is 0.255 e. The molecule has 1 saturated heterocycles. The molecule has 0 saturated carbocycles. The van der Waals surface area contributed by atoms with Crippen molar-refractivity contribution >= 4 is 15.9 Å². The molecule has 2 heterocycles. The second-order valence-electron chi connectivity index (χ2n) is 7.18. The second kappa shape index (κ2) is 8.64. The summed E-state index contributed by atoms with van der Waals surface area (Å²) in [7, 11) is -3.31. The van der Waals surface area contributed by atoms with Gasteiger partial charge in [0.15, 0.2) is 0 Å². The quantitative estimate of drug-likeness (QED) is 0.690. The van der Waals surface area contributed by atoms with E-state index < -0.39 is 35.0 Å². The topological polar surface area (TPSA) is 83.7 Å². The second-order valence-corrected chi connectivity index (χ2v) is 9.17. The van der Waals surface area contributed by atoms with Crippen molar-refractivity contribution in [2.45, 2.75) is 52.5 Å². The first-order valence-corrected chi connectivity index (χ1v) is 10.8. The molecule has 0 N–H and O–H groups in total. The molecule has 0 spiro atoms. The summed E-state index contributed by atoms with van der Waals surface area (Å²) in [6.45, 7) is 5.06. The molecule has 10 heteroatoms. The highest BCUT2D eigenvalue weighted by atomic mass is 32.2. The fourth-order valence-electron chi connectivity index (χ4n) is 3.52. The van der Waals surface area contributed by atoms with E-state index in [9.17, 15) is 22.0 Å². The predicted molar refractivity (Wildman–Crippen MR) is 96.0 cm³/mol. The summed E-state index contributed by atoms with van der Waals surface area (Å²) in [6.07, 6.45) is -0.455. The summed E-state index contributed by atoms with van der Waals surface area (Å²) in [5, 5.41) is 3.86. The van der Waals surface area contributed by atoms with E-state index in [4.69, 9.17) is 4.52 Å². The number of piperidine rings is 1. The maximum absolute atomic E-state index is 13.1. The van der Waals surface area contributed by atoms with Crippen molar-refractivity contribution in [3.8, 4) is 0 Å². The molecule has 1 amide bonds. The van der Waals surface area contributed by atoms with Crippen LogP contribution >= 0.6 is 0 Å². The lowest BCUT2D eigenvalue weighted by atomic mass is 9.96. The summed E-state index contributed by atoms with van der Waals surface area (Å²) in [6, 6.07) is -0.392. The normalized spacial score (nSPS) is 18.0. The van der Waals surface area contributed by atoms with Crippen LogP contribution in [0.15, 0.2) is 4.52 Å². The zero-order chi connectivity index (χ0) is 20.4. The number of aromatic nitrogens is 1. The molecular weight excluding hydrogens is 380 g/mol. The van der Waals surface area contributed by atoms with Crippen LogP contribution in [0.25, 0.3) is 0 Å². The van der Waals surface area contributed by atoms with Gasteiger partial charge in [-0.05, 0) is 33.1 Å². The molecule has 1 aromatic rings. The van der Waals surface area contributed by atoms with E-state index in [1.807, 2.05) is 0 Å². The van der Waals surface area contributed by atoms with Gasteiger partial charge in [0, 0.05) is 30.6 Å². The predicted octanol–water partition coefficient (Wildman–Crippen LogP) is 1.99. The van der Waals surface area contributed by atoms with Crippen LogP contribution < -0.4 is 0 Å². The highest BCUT2D eigenvalue weighted by molar-refractivity contribution is 7.88. The van der Waals surface area contributed by atoms with Gasteiger partial charge in [-0.3, -0.25) is 4.79 Å². The lowest BCUT2D eigenvalue weighted by Crippen LogP contribution is -2.51. The lowest BCUT2D eigenvalue weighted by molar-refractivity contribution is -0.140.